The largest absolute Gasteiger partial charge is 0.228 e. The van der Waals surface area contributed by atoms with E-state index < -0.39 is 5.95 Å². The molecule has 0 saturated heterocycles. The smallest absolute Gasteiger partial charge is 0.214 e. The maximum atomic E-state index is 12.3. The molecule has 0 aliphatic carbocycles. The van der Waals surface area contributed by atoms with Crippen molar-refractivity contribution in [2.45, 2.75) is 0 Å². The van der Waals surface area contributed by atoms with E-state index in [0.29, 0.717) is 10.6 Å². The molecule has 1 rings (SSSR count). The molecule has 0 aliphatic heterocycles. The SMILES string of the molecule is C=Cc1cnc(F)cc1Cl. The lowest BCUT2D eigenvalue weighted by Crippen LogP contribution is -1.83. The molecule has 0 bridgehead atoms. The molecule has 3 heteroatoms. The second kappa shape index (κ2) is 2.80. The van der Waals surface area contributed by atoms with Crippen molar-refractivity contribution in [3.63, 3.8) is 0 Å². The van der Waals surface area contributed by atoms with Gasteiger partial charge in [-0.1, -0.05) is 24.3 Å². The van der Waals surface area contributed by atoms with E-state index in [1.807, 2.05) is 0 Å². The summed E-state index contributed by atoms with van der Waals surface area (Å²) in [6.45, 7) is 3.47. The van der Waals surface area contributed by atoms with Crippen LogP contribution < -0.4 is 0 Å². The Balaban J connectivity index is 3.19. The van der Waals surface area contributed by atoms with Gasteiger partial charge in [0.2, 0.25) is 5.95 Å². The van der Waals surface area contributed by atoms with Crippen LogP contribution in [0.4, 0.5) is 4.39 Å². The van der Waals surface area contributed by atoms with Crippen LogP contribution in [0.15, 0.2) is 18.8 Å². The number of nitrogens with zero attached hydrogens (tertiary/aromatic N) is 1. The average molecular weight is 158 g/mol. The van der Waals surface area contributed by atoms with Gasteiger partial charge >= 0.3 is 0 Å². The normalized spacial score (nSPS) is 9.40. The molecule has 0 radical (unpaired) electrons. The van der Waals surface area contributed by atoms with Gasteiger partial charge in [0.15, 0.2) is 0 Å². The third-order valence-electron chi connectivity index (χ3n) is 1.07. The lowest BCUT2D eigenvalue weighted by atomic mass is 10.3. The van der Waals surface area contributed by atoms with E-state index in [4.69, 9.17) is 11.6 Å². The molecule has 10 heavy (non-hydrogen) atoms. The molecule has 0 aromatic carbocycles. The minimum atomic E-state index is -0.574. The first-order chi connectivity index (χ1) is 4.74. The third-order valence-corrected chi connectivity index (χ3v) is 1.40. The summed E-state index contributed by atoms with van der Waals surface area (Å²) in [5.41, 5.74) is 0.642. The Kier molecular flexibility index (Phi) is 2.02. The molecule has 0 aliphatic rings. The lowest BCUT2D eigenvalue weighted by Gasteiger charge is -1.94. The summed E-state index contributed by atoms with van der Waals surface area (Å²) in [5, 5.41) is 0.336. The van der Waals surface area contributed by atoms with Gasteiger partial charge in [-0.15, -0.1) is 0 Å². The van der Waals surface area contributed by atoms with Crippen molar-refractivity contribution in [1.82, 2.24) is 4.98 Å². The molecule has 1 aromatic rings. The van der Waals surface area contributed by atoms with Crippen LogP contribution >= 0.6 is 11.6 Å². The first kappa shape index (κ1) is 7.22. The highest BCUT2D eigenvalue weighted by Crippen LogP contribution is 2.15. The number of rotatable bonds is 1. The summed E-state index contributed by atoms with van der Waals surface area (Å²) < 4.78 is 12.3. The fourth-order valence-electron chi connectivity index (χ4n) is 0.568. The highest BCUT2D eigenvalue weighted by atomic mass is 35.5. The molecule has 0 saturated carbocycles. The highest BCUT2D eigenvalue weighted by molar-refractivity contribution is 6.31. The van der Waals surface area contributed by atoms with E-state index in [0.717, 1.165) is 6.07 Å². The van der Waals surface area contributed by atoms with Crippen molar-refractivity contribution < 1.29 is 4.39 Å². The van der Waals surface area contributed by atoms with Crippen molar-refractivity contribution in [3.8, 4) is 0 Å². The Morgan fingerprint density at radius 3 is 2.90 bits per heavy atom. The molecule has 1 aromatic heterocycles. The van der Waals surface area contributed by atoms with Crippen LogP contribution in [0.1, 0.15) is 5.56 Å². The maximum Gasteiger partial charge on any atom is 0.214 e. The summed E-state index contributed by atoms with van der Waals surface area (Å²) in [6.07, 6.45) is 2.86. The predicted octanol–water partition coefficient (Wildman–Crippen LogP) is 2.52. The maximum absolute atomic E-state index is 12.3. The van der Waals surface area contributed by atoms with Gasteiger partial charge in [0.1, 0.15) is 0 Å². The first-order valence-corrected chi connectivity index (χ1v) is 3.05. The van der Waals surface area contributed by atoms with Crippen LogP contribution in [0, 0.1) is 5.95 Å². The summed E-state index contributed by atoms with van der Waals surface area (Å²) in [6, 6.07) is 1.15. The second-order valence-corrected chi connectivity index (χ2v) is 2.14. The van der Waals surface area contributed by atoms with Crippen LogP contribution in [0.2, 0.25) is 5.02 Å². The van der Waals surface area contributed by atoms with Gasteiger partial charge in [0.05, 0.1) is 5.02 Å². The standard InChI is InChI=1S/C7H5ClFN/c1-2-5-4-10-7(9)3-6(5)8/h2-4H,1H2. The van der Waals surface area contributed by atoms with Gasteiger partial charge in [-0.3, -0.25) is 0 Å². The Hall–Kier alpha value is -0.890. The number of halogens is 2. The Labute approximate surface area is 63.2 Å². The van der Waals surface area contributed by atoms with E-state index in [-0.39, 0.29) is 0 Å². The Morgan fingerprint density at radius 2 is 2.40 bits per heavy atom. The van der Waals surface area contributed by atoms with Crippen LogP contribution in [-0.2, 0) is 0 Å². The van der Waals surface area contributed by atoms with E-state index >= 15 is 0 Å². The Bertz CT molecular complexity index is 260. The summed E-state index contributed by atoms with van der Waals surface area (Å²) in [5.74, 6) is -0.574. The van der Waals surface area contributed by atoms with Gasteiger partial charge in [0.25, 0.3) is 0 Å². The fourth-order valence-corrected chi connectivity index (χ4v) is 0.784. The predicted molar refractivity (Wildman–Crippen MR) is 39.3 cm³/mol. The van der Waals surface area contributed by atoms with E-state index in [1.54, 1.807) is 0 Å². The summed E-state index contributed by atoms with van der Waals surface area (Å²) >= 11 is 5.58. The number of aromatic nitrogens is 1. The van der Waals surface area contributed by atoms with Gasteiger partial charge in [0, 0.05) is 17.8 Å². The second-order valence-electron chi connectivity index (χ2n) is 1.73. The fraction of sp³-hybridized carbons (Fsp3) is 0. The molecule has 0 unspecified atom stereocenters. The minimum Gasteiger partial charge on any atom is -0.228 e. The third kappa shape index (κ3) is 1.33. The van der Waals surface area contributed by atoms with Gasteiger partial charge in [-0.25, -0.2) is 4.98 Å². The number of hydrogen-bond donors (Lipinski definition) is 0. The molecule has 1 heterocycles. The molecular weight excluding hydrogens is 153 g/mol. The zero-order valence-electron chi connectivity index (χ0n) is 5.14. The van der Waals surface area contributed by atoms with E-state index in [1.165, 1.54) is 12.3 Å². The quantitative estimate of drug-likeness (QED) is 0.571. The van der Waals surface area contributed by atoms with Crippen molar-refractivity contribution in [1.29, 1.82) is 0 Å². The van der Waals surface area contributed by atoms with Crippen molar-refractivity contribution in [2.75, 3.05) is 0 Å². The molecule has 0 spiro atoms. The number of hydrogen-bond acceptors (Lipinski definition) is 1. The van der Waals surface area contributed by atoms with Crippen LogP contribution in [0.25, 0.3) is 6.08 Å². The first-order valence-electron chi connectivity index (χ1n) is 2.67. The number of pyridine rings is 1. The van der Waals surface area contributed by atoms with Crippen molar-refractivity contribution >= 4 is 17.7 Å². The molecule has 0 fully saturated rings. The summed E-state index contributed by atoms with van der Waals surface area (Å²) in [7, 11) is 0. The van der Waals surface area contributed by atoms with Gasteiger partial charge < -0.3 is 0 Å². The zero-order chi connectivity index (χ0) is 7.56. The molecule has 0 amide bonds. The van der Waals surface area contributed by atoms with Gasteiger partial charge in [-0.05, 0) is 0 Å². The topological polar surface area (TPSA) is 12.9 Å². The van der Waals surface area contributed by atoms with Crippen LogP contribution in [-0.4, -0.2) is 4.98 Å². The summed E-state index contributed by atoms with van der Waals surface area (Å²) in [4.78, 5) is 3.39. The monoisotopic (exact) mass is 157 g/mol. The molecule has 1 nitrogen and oxygen atoms in total. The van der Waals surface area contributed by atoms with Crippen LogP contribution in [0.5, 0.6) is 0 Å². The van der Waals surface area contributed by atoms with Crippen LogP contribution in [0.3, 0.4) is 0 Å². The van der Waals surface area contributed by atoms with Crippen molar-refractivity contribution in [2.24, 2.45) is 0 Å². The van der Waals surface area contributed by atoms with E-state index in [2.05, 4.69) is 11.6 Å². The molecular formula is C7H5ClFN. The molecule has 52 valence electrons. The molecule has 0 N–H and O–H groups in total. The minimum absolute atomic E-state index is 0.336. The molecule has 0 atom stereocenters. The zero-order valence-corrected chi connectivity index (χ0v) is 5.90. The van der Waals surface area contributed by atoms with Gasteiger partial charge in [-0.2, -0.15) is 4.39 Å². The average Bonchev–Trinajstić information content (AvgIpc) is 1.88. The van der Waals surface area contributed by atoms with Crippen molar-refractivity contribution in [3.05, 3.63) is 35.4 Å². The van der Waals surface area contributed by atoms with E-state index in [9.17, 15) is 4.39 Å². The highest BCUT2D eigenvalue weighted by Gasteiger charge is 1.97. The lowest BCUT2D eigenvalue weighted by molar-refractivity contribution is 0.583. The Morgan fingerprint density at radius 1 is 1.70 bits per heavy atom.